The van der Waals surface area contributed by atoms with Gasteiger partial charge in [-0.25, -0.2) is 0 Å². The molecule has 0 fully saturated rings. The molecule has 0 aliphatic carbocycles. The molecule has 9 heavy (non-hydrogen) atoms. The third-order valence-corrected chi connectivity index (χ3v) is 3.20. The minimum absolute atomic E-state index is 0.526. The summed E-state index contributed by atoms with van der Waals surface area (Å²) >= 11 is 0. The predicted octanol–water partition coefficient (Wildman–Crippen LogP) is 2.02. The first-order chi connectivity index (χ1) is 4.12. The van der Waals surface area contributed by atoms with Crippen molar-refractivity contribution in [3.05, 3.63) is 0 Å². The molecule has 0 radical (unpaired) electrons. The highest BCUT2D eigenvalue weighted by Crippen LogP contribution is 2.27. The molecule has 0 bridgehead atoms. The molecule has 1 atom stereocenters. The van der Waals surface area contributed by atoms with Gasteiger partial charge in [0.1, 0.15) is 0 Å². The number of rotatable bonds is 4. The van der Waals surface area contributed by atoms with Crippen molar-refractivity contribution in [3.8, 4) is 0 Å². The molecule has 1 unspecified atom stereocenters. The van der Waals surface area contributed by atoms with Gasteiger partial charge in [-0.2, -0.15) is 0 Å². The minimum Gasteiger partial charge on any atom is -0.327 e. The highest BCUT2D eigenvalue weighted by atomic mass is 31.1. The molecule has 0 saturated carbocycles. The van der Waals surface area contributed by atoms with E-state index in [0.29, 0.717) is 5.41 Å². The van der Waals surface area contributed by atoms with Crippen LogP contribution < -0.4 is 5.73 Å². The van der Waals surface area contributed by atoms with E-state index in [4.69, 9.17) is 5.73 Å². The highest BCUT2D eigenvalue weighted by molar-refractivity contribution is 7.37. The Balaban J connectivity index is 3.33. The molecule has 0 amide bonds. The van der Waals surface area contributed by atoms with Crippen molar-refractivity contribution >= 4 is 8.58 Å². The molecular weight excluding hydrogens is 129 g/mol. The van der Waals surface area contributed by atoms with Gasteiger partial charge >= 0.3 is 0 Å². The van der Waals surface area contributed by atoms with E-state index in [-0.39, 0.29) is 0 Å². The fourth-order valence-electron chi connectivity index (χ4n) is 0.536. The second kappa shape index (κ2) is 4.24. The molecule has 0 aromatic heterocycles. The fraction of sp³-hybridized carbons (Fsp3) is 1.00. The summed E-state index contributed by atoms with van der Waals surface area (Å²) in [4.78, 5) is 0. The summed E-state index contributed by atoms with van der Waals surface area (Å²) < 4.78 is 0. The summed E-state index contributed by atoms with van der Waals surface area (Å²) in [7, 11) is 0.951. The Kier molecular flexibility index (Phi) is 4.43. The molecule has 0 aliphatic rings. The van der Waals surface area contributed by atoms with Crippen LogP contribution in [0.1, 0.15) is 27.2 Å². The van der Waals surface area contributed by atoms with Crippen molar-refractivity contribution in [1.29, 1.82) is 0 Å². The summed E-state index contributed by atoms with van der Waals surface area (Å²) in [6.07, 6.45) is 3.42. The first-order valence-electron chi connectivity index (χ1n) is 3.53. The average molecular weight is 147 g/mol. The van der Waals surface area contributed by atoms with Crippen LogP contribution in [-0.4, -0.2) is 12.4 Å². The van der Waals surface area contributed by atoms with Gasteiger partial charge in [-0.1, -0.05) is 27.2 Å². The van der Waals surface area contributed by atoms with Crippen LogP contribution in [0.15, 0.2) is 0 Å². The Morgan fingerprint density at radius 3 is 2.33 bits per heavy atom. The maximum atomic E-state index is 5.40. The van der Waals surface area contributed by atoms with Gasteiger partial charge in [0.25, 0.3) is 0 Å². The van der Waals surface area contributed by atoms with Gasteiger partial charge in [0.15, 0.2) is 0 Å². The summed E-state index contributed by atoms with van der Waals surface area (Å²) in [6.45, 7) is 6.84. The Morgan fingerprint density at radius 2 is 2.00 bits per heavy atom. The van der Waals surface area contributed by atoms with Crippen molar-refractivity contribution in [2.75, 3.05) is 12.4 Å². The van der Waals surface area contributed by atoms with Crippen LogP contribution in [0.5, 0.6) is 0 Å². The quantitative estimate of drug-likeness (QED) is 0.605. The van der Waals surface area contributed by atoms with Gasteiger partial charge < -0.3 is 5.73 Å². The average Bonchev–Trinajstić information content (AvgIpc) is 1.84. The number of nitrogens with two attached hydrogens (primary N) is 1. The van der Waals surface area contributed by atoms with E-state index in [1.54, 1.807) is 0 Å². The van der Waals surface area contributed by atoms with Crippen LogP contribution in [-0.2, 0) is 0 Å². The lowest BCUT2D eigenvalue weighted by atomic mass is 9.93. The minimum atomic E-state index is 0.526. The van der Waals surface area contributed by atoms with Gasteiger partial charge in [0, 0.05) is 6.29 Å². The lowest BCUT2D eigenvalue weighted by Crippen LogP contribution is -2.13. The highest BCUT2D eigenvalue weighted by Gasteiger charge is 2.12. The van der Waals surface area contributed by atoms with Gasteiger partial charge in [-0.05, 0) is 11.6 Å². The Hall–Kier alpha value is 0.390. The molecule has 0 aromatic rings. The first kappa shape index (κ1) is 9.39. The van der Waals surface area contributed by atoms with Gasteiger partial charge in [-0.3, -0.25) is 0 Å². The summed E-state index contributed by atoms with van der Waals surface area (Å²) in [5.74, 6) is 0. The van der Waals surface area contributed by atoms with Gasteiger partial charge in [-0.15, -0.1) is 8.58 Å². The van der Waals surface area contributed by atoms with Gasteiger partial charge in [0.2, 0.25) is 0 Å². The van der Waals surface area contributed by atoms with Crippen LogP contribution in [0.4, 0.5) is 0 Å². The Morgan fingerprint density at radius 1 is 1.44 bits per heavy atom. The van der Waals surface area contributed by atoms with Crippen LogP contribution in [0, 0.1) is 5.41 Å². The van der Waals surface area contributed by atoms with Crippen molar-refractivity contribution < 1.29 is 0 Å². The SMILES string of the molecule is CCC(C)(C)CPCN. The van der Waals surface area contributed by atoms with E-state index in [0.717, 1.165) is 14.9 Å². The molecule has 0 spiro atoms. The second-order valence-corrected chi connectivity index (χ2v) is 4.41. The zero-order chi connectivity index (χ0) is 7.33. The third kappa shape index (κ3) is 4.87. The fourth-order valence-corrected chi connectivity index (χ4v) is 1.61. The van der Waals surface area contributed by atoms with E-state index in [9.17, 15) is 0 Å². The normalized spacial score (nSPS) is 13.3. The maximum absolute atomic E-state index is 5.40. The molecular formula is C7H18NP. The van der Waals surface area contributed by atoms with Crippen molar-refractivity contribution in [3.63, 3.8) is 0 Å². The van der Waals surface area contributed by atoms with Crippen LogP contribution in [0.2, 0.25) is 0 Å². The van der Waals surface area contributed by atoms with Crippen molar-refractivity contribution in [2.45, 2.75) is 27.2 Å². The molecule has 1 nitrogen and oxygen atoms in total. The van der Waals surface area contributed by atoms with E-state index in [1.165, 1.54) is 12.6 Å². The second-order valence-electron chi connectivity index (χ2n) is 3.15. The standard InChI is InChI=1S/C7H18NP/c1-4-7(2,3)5-9-6-8/h9H,4-6,8H2,1-3H3. The molecule has 0 rings (SSSR count). The molecule has 0 aromatic carbocycles. The molecule has 56 valence electrons. The lowest BCUT2D eigenvalue weighted by Gasteiger charge is -2.21. The van der Waals surface area contributed by atoms with Crippen LogP contribution >= 0.6 is 8.58 Å². The summed E-state index contributed by atoms with van der Waals surface area (Å²) in [6, 6.07) is 0. The third-order valence-electron chi connectivity index (χ3n) is 1.70. The van der Waals surface area contributed by atoms with E-state index < -0.39 is 0 Å². The van der Waals surface area contributed by atoms with E-state index in [1.807, 2.05) is 0 Å². The molecule has 0 heterocycles. The predicted molar refractivity (Wildman–Crippen MR) is 46.3 cm³/mol. The smallest absolute Gasteiger partial charge is 0.00990 e. The summed E-state index contributed by atoms with van der Waals surface area (Å²) in [5, 5.41) is 0. The molecule has 2 heteroatoms. The summed E-state index contributed by atoms with van der Waals surface area (Å²) in [5.41, 5.74) is 5.93. The molecule has 0 saturated heterocycles. The maximum Gasteiger partial charge on any atom is 0.00990 e. The zero-order valence-electron chi connectivity index (χ0n) is 6.70. The van der Waals surface area contributed by atoms with Gasteiger partial charge in [0.05, 0.1) is 0 Å². The Bertz CT molecular complexity index is 71.3. The van der Waals surface area contributed by atoms with E-state index >= 15 is 0 Å². The first-order valence-corrected chi connectivity index (χ1v) is 4.94. The van der Waals surface area contributed by atoms with Crippen LogP contribution in [0.25, 0.3) is 0 Å². The Labute approximate surface area is 60.2 Å². The number of hydrogen-bond acceptors (Lipinski definition) is 1. The topological polar surface area (TPSA) is 26.0 Å². The van der Waals surface area contributed by atoms with Crippen molar-refractivity contribution in [2.24, 2.45) is 11.1 Å². The molecule has 2 N–H and O–H groups in total. The van der Waals surface area contributed by atoms with Crippen LogP contribution in [0.3, 0.4) is 0 Å². The monoisotopic (exact) mass is 147 g/mol. The van der Waals surface area contributed by atoms with E-state index in [2.05, 4.69) is 20.8 Å². The largest absolute Gasteiger partial charge is 0.327 e. The number of hydrogen-bond donors (Lipinski definition) is 1. The van der Waals surface area contributed by atoms with Crippen molar-refractivity contribution in [1.82, 2.24) is 0 Å². The lowest BCUT2D eigenvalue weighted by molar-refractivity contribution is 0.406. The molecule has 0 aliphatic heterocycles. The zero-order valence-corrected chi connectivity index (χ0v) is 7.70.